The van der Waals surface area contributed by atoms with Crippen LogP contribution < -0.4 is 0 Å². The van der Waals surface area contributed by atoms with E-state index in [1.807, 2.05) is 45.3 Å². The van der Waals surface area contributed by atoms with Crippen LogP contribution >= 0.6 is 52.9 Å². The summed E-state index contributed by atoms with van der Waals surface area (Å²) in [6, 6.07) is 24.8. The maximum atomic E-state index is 2.46. The molecule has 0 aliphatic rings. The second kappa shape index (κ2) is 6.44. The van der Waals surface area contributed by atoms with Crippen molar-refractivity contribution in [3.05, 3.63) is 77.5 Å². The molecule has 0 nitrogen and oxygen atoms in total. The summed E-state index contributed by atoms with van der Waals surface area (Å²) in [5.41, 5.74) is 0. The Bertz CT molecular complexity index is 1260. The molecular weight excluding hydrogens is 423 g/mol. The van der Waals surface area contributed by atoms with Gasteiger partial charge >= 0.3 is 0 Å². The molecule has 0 radical (unpaired) electrons. The van der Waals surface area contributed by atoms with E-state index >= 15 is 0 Å². The largest absolute Gasteiger partial charge is 0.143 e. The highest BCUT2D eigenvalue weighted by molar-refractivity contribution is 7.70. The molecule has 0 fully saturated rings. The first-order valence-corrected chi connectivity index (χ1v) is 13.3. The molecule has 0 aliphatic carbocycles. The lowest BCUT2D eigenvalue weighted by Crippen LogP contribution is -1.64. The predicted octanol–water partition coefficient (Wildman–Crippen LogP) is 9.55. The van der Waals surface area contributed by atoms with E-state index in [1.165, 1.54) is 34.2 Å². The van der Waals surface area contributed by atoms with Gasteiger partial charge in [0.15, 0.2) is 0 Å². The predicted molar refractivity (Wildman–Crippen MR) is 128 cm³/mol. The van der Waals surface area contributed by atoms with Crippen molar-refractivity contribution in [1.29, 1.82) is 0 Å². The van der Waals surface area contributed by atoms with E-state index in [0.29, 0.717) is 0 Å². The van der Waals surface area contributed by atoms with Gasteiger partial charge in [-0.3, -0.25) is 0 Å². The number of fused-ring (bicyclic) bond motifs is 3. The van der Waals surface area contributed by atoms with Crippen LogP contribution in [-0.4, -0.2) is 0 Å². The molecule has 0 atom stereocenters. The molecule has 1 aromatic carbocycles. The second-order valence-corrected chi connectivity index (χ2v) is 12.4. The van der Waals surface area contributed by atoms with Gasteiger partial charge in [0, 0.05) is 29.7 Å². The molecule has 0 aliphatic heterocycles. The van der Waals surface area contributed by atoms with Crippen molar-refractivity contribution in [3.8, 4) is 24.8 Å². The highest BCUT2D eigenvalue weighted by Gasteiger charge is 2.20. The minimum absolute atomic E-state index is 0.452. The molecule has 6 rings (SSSR count). The van der Waals surface area contributed by atoms with E-state index in [9.17, 15) is 0 Å². The third kappa shape index (κ3) is 2.60. The van der Waals surface area contributed by atoms with Gasteiger partial charge in [0.05, 0.1) is 9.40 Å². The van der Waals surface area contributed by atoms with Crippen LogP contribution in [0, 0.1) is 0 Å². The highest BCUT2D eigenvalue weighted by atomic mass is 32.1. The molecule has 5 aromatic heterocycles. The lowest BCUT2D eigenvalue weighted by atomic mass is 10.3. The minimum atomic E-state index is -0.452. The minimum Gasteiger partial charge on any atom is -0.143 e. The molecule has 0 bridgehead atoms. The molecule has 0 amide bonds. The number of rotatable bonds is 3. The molecule has 0 N–H and O–H groups in total. The van der Waals surface area contributed by atoms with Crippen molar-refractivity contribution >= 4 is 72.5 Å². The standard InChI is InChI=1S/C22H13PS4/c1-2-6-14(7-3-1)23-15-12-19(17-8-4-10-24-17)26-21(15)22-16(23)13-20(27-22)18-9-5-11-25-18/h1-13H. The molecule has 6 aromatic rings. The molecule has 0 saturated heterocycles. The van der Waals surface area contributed by atoms with E-state index < -0.39 is 7.53 Å². The molecule has 5 heteroatoms. The fourth-order valence-electron chi connectivity index (χ4n) is 3.49. The third-order valence-electron chi connectivity index (χ3n) is 4.66. The topological polar surface area (TPSA) is 0 Å². The van der Waals surface area contributed by atoms with Crippen molar-refractivity contribution < 1.29 is 0 Å². The van der Waals surface area contributed by atoms with Gasteiger partial charge < -0.3 is 0 Å². The van der Waals surface area contributed by atoms with Gasteiger partial charge in [0.2, 0.25) is 0 Å². The van der Waals surface area contributed by atoms with E-state index in [-0.39, 0.29) is 0 Å². The first kappa shape index (κ1) is 16.3. The van der Waals surface area contributed by atoms with E-state index in [0.717, 1.165) is 0 Å². The van der Waals surface area contributed by atoms with Crippen molar-refractivity contribution in [1.82, 2.24) is 0 Å². The van der Waals surface area contributed by atoms with Crippen LogP contribution in [0.15, 0.2) is 77.5 Å². The van der Waals surface area contributed by atoms with Crippen LogP contribution in [0.25, 0.3) is 44.4 Å². The molecule has 27 heavy (non-hydrogen) atoms. The van der Waals surface area contributed by atoms with E-state index in [1.54, 1.807) is 10.2 Å². The first-order chi connectivity index (χ1) is 13.4. The normalized spacial score (nSPS) is 11.7. The maximum absolute atomic E-state index is 2.46. The summed E-state index contributed by atoms with van der Waals surface area (Å²) in [4.78, 5) is 5.59. The SMILES string of the molecule is c1ccc(-p2c3cc(-c4cccs4)sc3c3sc(-c4cccs4)cc32)cc1. The van der Waals surface area contributed by atoms with Crippen molar-refractivity contribution in [2.75, 3.05) is 0 Å². The third-order valence-corrected chi connectivity index (χ3v) is 12.0. The fourth-order valence-corrected chi connectivity index (χ4v) is 11.0. The Morgan fingerprint density at radius 3 is 1.59 bits per heavy atom. The average molecular weight is 437 g/mol. The fraction of sp³-hybridized carbons (Fsp3) is 0. The van der Waals surface area contributed by atoms with Crippen LogP contribution in [0.4, 0.5) is 0 Å². The van der Waals surface area contributed by atoms with Crippen LogP contribution in [0.2, 0.25) is 0 Å². The highest BCUT2D eigenvalue weighted by Crippen LogP contribution is 2.61. The van der Waals surface area contributed by atoms with Gasteiger partial charge in [-0.1, -0.05) is 50.0 Å². The molecule has 5 heterocycles. The maximum Gasteiger partial charge on any atom is 0.0574 e. The smallest absolute Gasteiger partial charge is 0.0574 e. The van der Waals surface area contributed by atoms with Gasteiger partial charge in [-0.15, -0.1) is 45.3 Å². The average Bonchev–Trinajstić information content (AvgIpc) is 3.48. The number of hydrogen-bond donors (Lipinski definition) is 0. The zero-order valence-electron chi connectivity index (χ0n) is 14.1. The zero-order valence-corrected chi connectivity index (χ0v) is 18.2. The van der Waals surface area contributed by atoms with Gasteiger partial charge in [-0.2, -0.15) is 0 Å². The summed E-state index contributed by atoms with van der Waals surface area (Å²) in [6.45, 7) is 0. The van der Waals surface area contributed by atoms with Crippen LogP contribution in [0.1, 0.15) is 0 Å². The van der Waals surface area contributed by atoms with Crippen LogP contribution in [0.3, 0.4) is 0 Å². The lowest BCUT2D eigenvalue weighted by Gasteiger charge is -2.01. The number of benzene rings is 1. The molecule has 0 spiro atoms. The van der Waals surface area contributed by atoms with Gasteiger partial charge in [0.25, 0.3) is 0 Å². The molecule has 130 valence electrons. The number of thiophene rings is 4. The lowest BCUT2D eigenvalue weighted by molar-refractivity contribution is 1.76. The number of hydrogen-bond acceptors (Lipinski definition) is 4. The van der Waals surface area contributed by atoms with Crippen molar-refractivity contribution in [3.63, 3.8) is 0 Å². The van der Waals surface area contributed by atoms with Crippen LogP contribution in [-0.2, 0) is 0 Å². The summed E-state index contributed by atoms with van der Waals surface area (Å²) in [6.07, 6.45) is 0. The van der Waals surface area contributed by atoms with E-state index in [2.05, 4.69) is 77.5 Å². The second-order valence-electron chi connectivity index (χ2n) is 6.28. The van der Waals surface area contributed by atoms with Crippen molar-refractivity contribution in [2.24, 2.45) is 0 Å². The quantitative estimate of drug-likeness (QED) is 0.259. The Labute approximate surface area is 174 Å². The first-order valence-electron chi connectivity index (χ1n) is 8.59. The van der Waals surface area contributed by atoms with Crippen molar-refractivity contribution in [2.45, 2.75) is 0 Å². The zero-order chi connectivity index (χ0) is 17.8. The Hall–Kier alpha value is -1.68. The molecule has 0 saturated carbocycles. The molecular formula is C22H13PS4. The Morgan fingerprint density at radius 1 is 0.556 bits per heavy atom. The van der Waals surface area contributed by atoms with Gasteiger partial charge in [-0.25, -0.2) is 0 Å². The van der Waals surface area contributed by atoms with Crippen LogP contribution in [0.5, 0.6) is 0 Å². The summed E-state index contributed by atoms with van der Waals surface area (Å²) >= 11 is 7.62. The summed E-state index contributed by atoms with van der Waals surface area (Å²) < 4.78 is 2.99. The van der Waals surface area contributed by atoms with Gasteiger partial charge in [0.1, 0.15) is 0 Å². The molecule has 0 unspecified atom stereocenters. The monoisotopic (exact) mass is 436 g/mol. The van der Waals surface area contributed by atoms with Gasteiger partial charge in [-0.05, 0) is 40.3 Å². The summed E-state index contributed by atoms with van der Waals surface area (Å²) in [5.74, 6) is 0. The summed E-state index contributed by atoms with van der Waals surface area (Å²) in [7, 11) is -0.452. The Morgan fingerprint density at radius 2 is 1.11 bits per heavy atom. The Kier molecular flexibility index (Phi) is 3.89. The Balaban J connectivity index is 1.69. The summed E-state index contributed by atoms with van der Waals surface area (Å²) in [5, 5.41) is 8.89. The van der Waals surface area contributed by atoms with E-state index in [4.69, 9.17) is 0 Å².